The minimum Gasteiger partial charge on any atom is -0.399 e. The molecule has 0 unspecified atom stereocenters. The Morgan fingerprint density at radius 1 is 1.09 bits per heavy atom. The minimum absolute atomic E-state index is 0. The molecule has 1 saturated heterocycles. The molecule has 122 valence electrons. The summed E-state index contributed by atoms with van der Waals surface area (Å²) in [7, 11) is 0. The summed E-state index contributed by atoms with van der Waals surface area (Å²) < 4.78 is 0. The van der Waals surface area contributed by atoms with Gasteiger partial charge in [0.1, 0.15) is 0 Å². The van der Waals surface area contributed by atoms with E-state index >= 15 is 0 Å². The van der Waals surface area contributed by atoms with E-state index in [1.165, 1.54) is 0 Å². The van der Waals surface area contributed by atoms with E-state index in [1.807, 2.05) is 24.0 Å². The third-order valence-corrected chi connectivity index (χ3v) is 3.58. The number of amides is 3. The predicted octanol–water partition coefficient (Wildman–Crippen LogP) is 1.11. The number of rotatable bonds is 3. The van der Waals surface area contributed by atoms with Gasteiger partial charge in [0.25, 0.3) is 0 Å². The largest absolute Gasteiger partial charge is 0.399 e. The summed E-state index contributed by atoms with van der Waals surface area (Å²) in [4.78, 5) is 27.5. The van der Waals surface area contributed by atoms with Gasteiger partial charge in [-0.2, -0.15) is 0 Å². The number of hydrogen-bond donors (Lipinski definition) is 2. The van der Waals surface area contributed by atoms with Crippen LogP contribution in [-0.4, -0.2) is 54.5 Å². The molecular weight excluding hydrogens is 304 g/mol. The van der Waals surface area contributed by atoms with Crippen LogP contribution in [0.15, 0.2) is 24.3 Å². The number of carbonyl (C=O) groups excluding carboxylic acids is 2. The van der Waals surface area contributed by atoms with Crippen molar-refractivity contribution in [1.82, 2.24) is 15.1 Å². The molecular formula is C15H23ClN4O2. The van der Waals surface area contributed by atoms with Gasteiger partial charge < -0.3 is 20.9 Å². The molecule has 7 heteroatoms. The van der Waals surface area contributed by atoms with Crippen molar-refractivity contribution >= 4 is 30.0 Å². The van der Waals surface area contributed by atoms with Gasteiger partial charge in [-0.1, -0.05) is 12.1 Å². The lowest BCUT2D eigenvalue weighted by Gasteiger charge is -2.34. The highest BCUT2D eigenvalue weighted by molar-refractivity contribution is 5.85. The quantitative estimate of drug-likeness (QED) is 0.817. The van der Waals surface area contributed by atoms with Crippen LogP contribution in [0, 0.1) is 0 Å². The Labute approximate surface area is 137 Å². The SMILES string of the molecule is CCNC(=O)N1CCN(C(=O)Cc2ccc(N)cc2)CC1.Cl. The molecule has 0 spiro atoms. The highest BCUT2D eigenvalue weighted by atomic mass is 35.5. The number of nitrogens with two attached hydrogens (primary N) is 1. The van der Waals surface area contributed by atoms with Gasteiger partial charge in [-0.05, 0) is 24.6 Å². The summed E-state index contributed by atoms with van der Waals surface area (Å²) in [5, 5.41) is 2.78. The monoisotopic (exact) mass is 326 g/mol. The Bertz CT molecular complexity index is 499. The molecule has 1 aromatic rings. The van der Waals surface area contributed by atoms with Crippen molar-refractivity contribution in [2.75, 3.05) is 38.5 Å². The smallest absolute Gasteiger partial charge is 0.317 e. The van der Waals surface area contributed by atoms with E-state index in [4.69, 9.17) is 5.73 Å². The van der Waals surface area contributed by atoms with Crippen molar-refractivity contribution in [2.45, 2.75) is 13.3 Å². The van der Waals surface area contributed by atoms with E-state index < -0.39 is 0 Å². The van der Waals surface area contributed by atoms with Crippen LogP contribution in [0.2, 0.25) is 0 Å². The van der Waals surface area contributed by atoms with E-state index in [1.54, 1.807) is 17.0 Å². The Morgan fingerprint density at radius 2 is 1.64 bits per heavy atom. The van der Waals surface area contributed by atoms with Crippen LogP contribution in [0.1, 0.15) is 12.5 Å². The third-order valence-electron chi connectivity index (χ3n) is 3.58. The topological polar surface area (TPSA) is 78.7 Å². The van der Waals surface area contributed by atoms with Crippen molar-refractivity contribution in [3.8, 4) is 0 Å². The van der Waals surface area contributed by atoms with E-state index in [9.17, 15) is 9.59 Å². The van der Waals surface area contributed by atoms with Crippen molar-refractivity contribution in [3.05, 3.63) is 29.8 Å². The Hall–Kier alpha value is -1.95. The number of halogens is 1. The van der Waals surface area contributed by atoms with E-state index in [0.717, 1.165) is 5.56 Å². The van der Waals surface area contributed by atoms with Crippen LogP contribution in [0.5, 0.6) is 0 Å². The molecule has 0 radical (unpaired) electrons. The second-order valence-corrected chi connectivity index (χ2v) is 5.12. The first-order chi connectivity index (χ1) is 10.1. The van der Waals surface area contributed by atoms with Gasteiger partial charge in [0.15, 0.2) is 0 Å². The van der Waals surface area contributed by atoms with Gasteiger partial charge in [-0.15, -0.1) is 12.4 Å². The molecule has 3 amide bonds. The maximum absolute atomic E-state index is 12.2. The zero-order valence-electron chi connectivity index (χ0n) is 12.7. The van der Waals surface area contributed by atoms with E-state index in [2.05, 4.69) is 5.32 Å². The highest BCUT2D eigenvalue weighted by Gasteiger charge is 2.23. The van der Waals surface area contributed by atoms with Gasteiger partial charge in [0.05, 0.1) is 6.42 Å². The summed E-state index contributed by atoms with van der Waals surface area (Å²) in [5.41, 5.74) is 7.28. The first kappa shape index (κ1) is 18.1. The van der Waals surface area contributed by atoms with Crippen LogP contribution in [-0.2, 0) is 11.2 Å². The second-order valence-electron chi connectivity index (χ2n) is 5.12. The zero-order chi connectivity index (χ0) is 15.2. The molecule has 2 rings (SSSR count). The molecule has 0 bridgehead atoms. The lowest BCUT2D eigenvalue weighted by atomic mass is 10.1. The van der Waals surface area contributed by atoms with Gasteiger partial charge in [0, 0.05) is 38.4 Å². The van der Waals surface area contributed by atoms with Crippen LogP contribution >= 0.6 is 12.4 Å². The maximum atomic E-state index is 12.2. The van der Waals surface area contributed by atoms with Gasteiger partial charge >= 0.3 is 6.03 Å². The van der Waals surface area contributed by atoms with E-state index in [-0.39, 0.29) is 24.3 Å². The number of benzene rings is 1. The van der Waals surface area contributed by atoms with Gasteiger partial charge in [-0.25, -0.2) is 4.79 Å². The zero-order valence-corrected chi connectivity index (χ0v) is 13.6. The molecule has 0 saturated carbocycles. The fourth-order valence-corrected chi connectivity index (χ4v) is 2.34. The van der Waals surface area contributed by atoms with Crippen molar-refractivity contribution in [1.29, 1.82) is 0 Å². The van der Waals surface area contributed by atoms with Crippen LogP contribution in [0.25, 0.3) is 0 Å². The summed E-state index contributed by atoms with van der Waals surface area (Å²) in [6, 6.07) is 7.30. The molecule has 1 aromatic carbocycles. The summed E-state index contributed by atoms with van der Waals surface area (Å²) in [5.74, 6) is 0.0929. The van der Waals surface area contributed by atoms with Gasteiger partial charge in [0.2, 0.25) is 5.91 Å². The molecule has 1 aliphatic rings. The Kier molecular flexibility index (Phi) is 6.98. The number of nitrogens with one attached hydrogen (secondary N) is 1. The Balaban J connectivity index is 0.00000242. The number of carbonyl (C=O) groups is 2. The van der Waals surface area contributed by atoms with Crippen LogP contribution < -0.4 is 11.1 Å². The highest BCUT2D eigenvalue weighted by Crippen LogP contribution is 2.09. The standard InChI is InChI=1S/C15H22N4O2.ClH/c1-2-17-15(21)19-9-7-18(8-10-19)14(20)11-12-3-5-13(16)6-4-12;/h3-6H,2,7-11,16H2,1H3,(H,17,21);1H. The molecule has 1 fully saturated rings. The number of piperazine rings is 1. The van der Waals surface area contributed by atoms with Crippen molar-refractivity contribution < 1.29 is 9.59 Å². The van der Waals surface area contributed by atoms with Crippen molar-refractivity contribution in [2.24, 2.45) is 0 Å². The van der Waals surface area contributed by atoms with Gasteiger partial charge in [-0.3, -0.25) is 4.79 Å². The molecule has 0 aromatic heterocycles. The summed E-state index contributed by atoms with van der Waals surface area (Å²) in [6.45, 7) is 4.86. The average Bonchev–Trinajstić information content (AvgIpc) is 2.50. The first-order valence-electron chi connectivity index (χ1n) is 7.25. The number of urea groups is 1. The molecule has 0 aliphatic carbocycles. The minimum atomic E-state index is -0.0527. The lowest BCUT2D eigenvalue weighted by molar-refractivity contribution is -0.131. The average molecular weight is 327 g/mol. The number of nitrogen functional groups attached to an aromatic ring is 1. The normalized spacial score (nSPS) is 14.2. The fraction of sp³-hybridized carbons (Fsp3) is 0.467. The molecule has 3 N–H and O–H groups in total. The number of nitrogens with zero attached hydrogens (tertiary/aromatic N) is 2. The maximum Gasteiger partial charge on any atom is 0.317 e. The molecule has 1 heterocycles. The number of anilines is 1. The second kappa shape index (κ2) is 8.48. The summed E-state index contributed by atoms with van der Waals surface area (Å²) >= 11 is 0. The molecule has 1 aliphatic heterocycles. The first-order valence-corrected chi connectivity index (χ1v) is 7.25. The molecule has 0 atom stereocenters. The Morgan fingerprint density at radius 3 is 2.18 bits per heavy atom. The predicted molar refractivity (Wildman–Crippen MR) is 89.0 cm³/mol. The molecule has 6 nitrogen and oxygen atoms in total. The molecule has 22 heavy (non-hydrogen) atoms. The van der Waals surface area contributed by atoms with Crippen LogP contribution in [0.4, 0.5) is 10.5 Å². The van der Waals surface area contributed by atoms with Crippen LogP contribution in [0.3, 0.4) is 0 Å². The third kappa shape index (κ3) is 4.80. The van der Waals surface area contributed by atoms with Crippen molar-refractivity contribution in [3.63, 3.8) is 0 Å². The summed E-state index contributed by atoms with van der Waals surface area (Å²) in [6.07, 6.45) is 0.376. The number of hydrogen-bond acceptors (Lipinski definition) is 3. The van der Waals surface area contributed by atoms with E-state index in [0.29, 0.717) is 44.8 Å². The lowest BCUT2D eigenvalue weighted by Crippen LogP contribution is -2.53. The fourth-order valence-electron chi connectivity index (χ4n) is 2.34.